The first-order valence-electron chi connectivity index (χ1n) is 13.3. The van der Waals surface area contributed by atoms with Gasteiger partial charge in [-0.15, -0.1) is 0 Å². The molecule has 0 N–H and O–H groups in total. The van der Waals surface area contributed by atoms with Crippen molar-refractivity contribution < 1.29 is 0 Å². The molecule has 1 aliphatic carbocycles. The molecule has 0 saturated heterocycles. The van der Waals surface area contributed by atoms with Gasteiger partial charge < -0.3 is 9.47 Å². The van der Waals surface area contributed by atoms with Crippen LogP contribution in [0.1, 0.15) is 12.8 Å². The van der Waals surface area contributed by atoms with Gasteiger partial charge in [0.05, 0.1) is 5.52 Å². The SMILES string of the molecule is C1=CC(N(c2ccc(-c3ccc(-n4ccc5ccccc54)cc3)cc2)c2ccc3ccccc3c2)=CCC1. The van der Waals surface area contributed by atoms with Crippen LogP contribution >= 0.6 is 0 Å². The Bertz CT molecular complexity index is 1800. The van der Waals surface area contributed by atoms with E-state index in [2.05, 4.69) is 155 Å². The maximum absolute atomic E-state index is 2.37. The van der Waals surface area contributed by atoms with Crippen molar-refractivity contribution in [2.75, 3.05) is 4.90 Å². The Hall–Kier alpha value is -4.82. The molecular formula is C36H28N2. The monoisotopic (exact) mass is 488 g/mol. The predicted molar refractivity (Wildman–Crippen MR) is 161 cm³/mol. The molecule has 0 bridgehead atoms. The van der Waals surface area contributed by atoms with Crippen molar-refractivity contribution >= 4 is 33.1 Å². The van der Waals surface area contributed by atoms with E-state index in [1.807, 2.05) is 0 Å². The Morgan fingerprint density at radius 1 is 0.553 bits per heavy atom. The van der Waals surface area contributed by atoms with E-state index < -0.39 is 0 Å². The minimum atomic E-state index is 1.07. The van der Waals surface area contributed by atoms with Crippen LogP contribution in [0.4, 0.5) is 11.4 Å². The number of anilines is 2. The van der Waals surface area contributed by atoms with E-state index >= 15 is 0 Å². The highest BCUT2D eigenvalue weighted by Gasteiger charge is 2.15. The van der Waals surface area contributed by atoms with Gasteiger partial charge in [0.1, 0.15) is 0 Å². The second-order valence-electron chi connectivity index (χ2n) is 9.81. The van der Waals surface area contributed by atoms with Crippen LogP contribution in [0.5, 0.6) is 0 Å². The van der Waals surface area contributed by atoms with Crippen molar-refractivity contribution in [2.45, 2.75) is 12.8 Å². The molecule has 5 aromatic carbocycles. The summed E-state index contributed by atoms with van der Waals surface area (Å²) < 4.78 is 2.25. The van der Waals surface area contributed by atoms with Crippen molar-refractivity contribution in [2.24, 2.45) is 0 Å². The highest BCUT2D eigenvalue weighted by atomic mass is 15.1. The van der Waals surface area contributed by atoms with E-state index in [1.165, 1.54) is 49.9 Å². The zero-order valence-electron chi connectivity index (χ0n) is 21.2. The van der Waals surface area contributed by atoms with Gasteiger partial charge in [-0.05, 0) is 94.7 Å². The summed E-state index contributed by atoms with van der Waals surface area (Å²) in [5, 5.41) is 3.77. The third-order valence-electron chi connectivity index (χ3n) is 7.43. The van der Waals surface area contributed by atoms with Gasteiger partial charge in [-0.2, -0.15) is 0 Å². The molecule has 1 heterocycles. The normalized spacial score (nSPS) is 13.1. The number of aromatic nitrogens is 1. The minimum Gasteiger partial charge on any atom is -0.317 e. The van der Waals surface area contributed by atoms with Crippen LogP contribution in [0.15, 0.2) is 151 Å². The molecule has 1 aromatic heterocycles. The summed E-state index contributed by atoms with van der Waals surface area (Å²) in [4.78, 5) is 2.37. The van der Waals surface area contributed by atoms with Crippen LogP contribution in [-0.4, -0.2) is 4.57 Å². The second-order valence-corrected chi connectivity index (χ2v) is 9.81. The molecule has 1 aliphatic rings. The Morgan fingerprint density at radius 3 is 2.00 bits per heavy atom. The lowest BCUT2D eigenvalue weighted by Crippen LogP contribution is -2.16. The fourth-order valence-electron chi connectivity index (χ4n) is 5.45. The van der Waals surface area contributed by atoms with Crippen molar-refractivity contribution in [1.82, 2.24) is 4.57 Å². The summed E-state index contributed by atoms with van der Waals surface area (Å²) in [7, 11) is 0. The molecule has 2 heteroatoms. The molecule has 2 nitrogen and oxygen atoms in total. The molecule has 182 valence electrons. The third kappa shape index (κ3) is 4.10. The third-order valence-corrected chi connectivity index (χ3v) is 7.43. The van der Waals surface area contributed by atoms with Crippen LogP contribution in [0.3, 0.4) is 0 Å². The molecule has 0 aliphatic heterocycles. The molecule has 0 radical (unpaired) electrons. The topological polar surface area (TPSA) is 8.17 Å². The molecule has 0 saturated carbocycles. The standard InChI is InChI=1S/C36H28N2/c1-2-11-33(12-3-1)38(35-23-18-27-8-4-5-10-31(27)26-35)34-21-16-29(17-22-34)28-14-19-32(20-15-28)37-25-24-30-9-6-7-13-36(30)37/h2,4-26H,1,3H2. The highest BCUT2D eigenvalue weighted by Crippen LogP contribution is 2.35. The average molecular weight is 489 g/mol. The van der Waals surface area contributed by atoms with Gasteiger partial charge in [-0.1, -0.05) is 84.9 Å². The summed E-state index contributed by atoms with van der Waals surface area (Å²) >= 11 is 0. The number of para-hydroxylation sites is 1. The van der Waals surface area contributed by atoms with Crippen LogP contribution in [0.2, 0.25) is 0 Å². The van der Waals surface area contributed by atoms with E-state index in [1.54, 1.807) is 0 Å². The smallest absolute Gasteiger partial charge is 0.0528 e. The van der Waals surface area contributed by atoms with E-state index in [0.717, 1.165) is 18.5 Å². The fourth-order valence-corrected chi connectivity index (χ4v) is 5.45. The Morgan fingerprint density at radius 2 is 1.24 bits per heavy atom. The molecule has 0 atom stereocenters. The van der Waals surface area contributed by atoms with E-state index in [-0.39, 0.29) is 0 Å². The van der Waals surface area contributed by atoms with Gasteiger partial charge in [0.25, 0.3) is 0 Å². The van der Waals surface area contributed by atoms with Crippen molar-refractivity contribution in [3.8, 4) is 16.8 Å². The molecule has 0 amide bonds. The van der Waals surface area contributed by atoms with Crippen molar-refractivity contribution in [1.29, 1.82) is 0 Å². The number of nitrogens with zero attached hydrogens (tertiary/aromatic N) is 2. The maximum Gasteiger partial charge on any atom is 0.0528 e. The van der Waals surface area contributed by atoms with Crippen molar-refractivity contribution in [3.63, 3.8) is 0 Å². The number of hydrogen-bond donors (Lipinski definition) is 0. The zero-order chi connectivity index (χ0) is 25.3. The van der Waals surface area contributed by atoms with E-state index in [0.29, 0.717) is 0 Å². The van der Waals surface area contributed by atoms with Gasteiger partial charge in [0.15, 0.2) is 0 Å². The molecular weight excluding hydrogens is 460 g/mol. The second kappa shape index (κ2) is 9.57. The van der Waals surface area contributed by atoms with Gasteiger partial charge >= 0.3 is 0 Å². The summed E-state index contributed by atoms with van der Waals surface area (Å²) in [6, 6.07) is 43.7. The lowest BCUT2D eigenvalue weighted by Gasteiger charge is -2.28. The lowest BCUT2D eigenvalue weighted by molar-refractivity contribution is 0.997. The quantitative estimate of drug-likeness (QED) is 0.234. The first-order valence-corrected chi connectivity index (χ1v) is 13.3. The molecule has 38 heavy (non-hydrogen) atoms. The van der Waals surface area contributed by atoms with Gasteiger partial charge in [-0.3, -0.25) is 0 Å². The Labute approximate surface area is 223 Å². The lowest BCUT2D eigenvalue weighted by atomic mass is 10.0. The van der Waals surface area contributed by atoms with Gasteiger partial charge in [0.2, 0.25) is 0 Å². The maximum atomic E-state index is 2.37. The number of benzene rings is 5. The van der Waals surface area contributed by atoms with Crippen molar-refractivity contribution in [3.05, 3.63) is 151 Å². The fraction of sp³-hybridized carbons (Fsp3) is 0.0556. The summed E-state index contributed by atoms with van der Waals surface area (Å²) in [5.74, 6) is 0. The summed E-state index contributed by atoms with van der Waals surface area (Å²) in [5.41, 5.74) is 8.39. The minimum absolute atomic E-state index is 1.07. The summed E-state index contributed by atoms with van der Waals surface area (Å²) in [6.07, 6.45) is 11.2. The van der Waals surface area contributed by atoms with Crippen LogP contribution in [0.25, 0.3) is 38.5 Å². The van der Waals surface area contributed by atoms with Crippen LogP contribution in [-0.2, 0) is 0 Å². The number of allylic oxidation sites excluding steroid dienone is 3. The molecule has 0 unspecified atom stereocenters. The molecule has 0 spiro atoms. The van der Waals surface area contributed by atoms with Gasteiger partial charge in [0, 0.05) is 29.0 Å². The molecule has 0 fully saturated rings. The van der Waals surface area contributed by atoms with E-state index in [9.17, 15) is 0 Å². The largest absolute Gasteiger partial charge is 0.317 e. The highest BCUT2D eigenvalue weighted by molar-refractivity contribution is 5.88. The Balaban J connectivity index is 1.21. The number of fused-ring (bicyclic) bond motifs is 2. The average Bonchev–Trinajstić information content (AvgIpc) is 3.43. The predicted octanol–water partition coefficient (Wildman–Crippen LogP) is 9.82. The molecule has 7 rings (SSSR count). The first kappa shape index (κ1) is 22.4. The zero-order valence-corrected chi connectivity index (χ0v) is 21.2. The van der Waals surface area contributed by atoms with Crippen LogP contribution in [0, 0.1) is 0 Å². The van der Waals surface area contributed by atoms with E-state index in [4.69, 9.17) is 0 Å². The first-order chi connectivity index (χ1) is 18.8. The number of hydrogen-bond acceptors (Lipinski definition) is 1. The van der Waals surface area contributed by atoms with Crippen LogP contribution < -0.4 is 4.90 Å². The van der Waals surface area contributed by atoms with Gasteiger partial charge in [-0.25, -0.2) is 0 Å². The summed E-state index contributed by atoms with van der Waals surface area (Å²) in [6.45, 7) is 0. The number of rotatable bonds is 5. The Kier molecular flexibility index (Phi) is 5.64. The molecule has 6 aromatic rings.